The Hall–Kier alpha value is -3.21. The molecule has 1 saturated carbocycles. The molecule has 10 heteroatoms. The fraction of sp³-hybridized carbons (Fsp3) is 0.458. The number of ether oxygens (including phenoxy) is 3. The first-order valence-electron chi connectivity index (χ1n) is 11.1. The summed E-state index contributed by atoms with van der Waals surface area (Å²) < 4.78 is 22.3. The van der Waals surface area contributed by atoms with E-state index in [9.17, 15) is 24.6 Å². The summed E-state index contributed by atoms with van der Waals surface area (Å²) in [6.07, 6.45) is -1.47. The largest absolute Gasteiger partial charge is 0.493 e. The van der Waals surface area contributed by atoms with E-state index in [2.05, 4.69) is 4.74 Å². The van der Waals surface area contributed by atoms with Crippen molar-refractivity contribution in [3.05, 3.63) is 54.0 Å². The standard InChI is InChI=1S/C24H25NO9/c1-31-23(29)25-21(27)16-9-13(12-32-14-5-3-2-4-6-14)24(30)17(20(16)22(25)28)10-19(34-24)18-8-7-15(11-26)33-18/h2-8,13,16-17,19-20,26,30H,9-12H2,1H3/t13-,16+,17+,19+,20+,24-/m1/s1. The molecule has 1 aliphatic carbocycles. The van der Waals surface area contributed by atoms with E-state index in [-0.39, 0.29) is 26.1 Å². The molecule has 0 radical (unpaired) electrons. The van der Waals surface area contributed by atoms with Crippen LogP contribution in [0.3, 0.4) is 0 Å². The van der Waals surface area contributed by atoms with Gasteiger partial charge in [0.25, 0.3) is 0 Å². The highest BCUT2D eigenvalue weighted by Gasteiger charge is 2.68. The fourth-order valence-electron chi connectivity index (χ4n) is 5.49. The predicted octanol–water partition coefficient (Wildman–Crippen LogP) is 2.00. The average molecular weight is 471 g/mol. The van der Waals surface area contributed by atoms with Crippen LogP contribution in [0.2, 0.25) is 0 Å². The first kappa shape index (κ1) is 22.6. The van der Waals surface area contributed by atoms with Gasteiger partial charge in [-0.25, -0.2) is 4.79 Å². The van der Waals surface area contributed by atoms with Crippen LogP contribution >= 0.6 is 0 Å². The van der Waals surface area contributed by atoms with Gasteiger partial charge in [-0.2, -0.15) is 4.90 Å². The van der Waals surface area contributed by atoms with Crippen LogP contribution in [0.25, 0.3) is 0 Å². The number of methoxy groups -OCH3 is 1. The molecule has 0 spiro atoms. The number of fused-ring (bicyclic) bond motifs is 3. The number of imide groups is 3. The summed E-state index contributed by atoms with van der Waals surface area (Å²) in [6.45, 7) is -0.258. The number of likely N-dealkylation sites (tertiary alicyclic amines) is 1. The van der Waals surface area contributed by atoms with E-state index in [0.717, 1.165) is 7.11 Å². The number of nitrogens with zero attached hydrogens (tertiary/aromatic N) is 1. The number of carbonyl (C=O) groups is 3. The van der Waals surface area contributed by atoms with Crippen LogP contribution < -0.4 is 4.74 Å². The zero-order valence-electron chi connectivity index (χ0n) is 18.5. The van der Waals surface area contributed by atoms with Gasteiger partial charge in [0, 0.05) is 11.8 Å². The van der Waals surface area contributed by atoms with Crippen molar-refractivity contribution in [2.24, 2.45) is 23.7 Å². The van der Waals surface area contributed by atoms with E-state index in [1.807, 2.05) is 18.2 Å². The van der Waals surface area contributed by atoms with Crippen LogP contribution in [-0.4, -0.2) is 52.5 Å². The number of furan rings is 1. The number of hydrogen-bond acceptors (Lipinski definition) is 9. The molecule has 2 aromatic rings. The van der Waals surface area contributed by atoms with Crippen LogP contribution in [0.1, 0.15) is 30.5 Å². The molecule has 10 nitrogen and oxygen atoms in total. The number of aliphatic hydroxyl groups is 2. The molecule has 3 aliphatic rings. The molecule has 3 amide bonds. The summed E-state index contributed by atoms with van der Waals surface area (Å²) in [5.74, 6) is -5.02. The summed E-state index contributed by atoms with van der Waals surface area (Å²) in [4.78, 5) is 38.9. The monoisotopic (exact) mass is 471 g/mol. The highest BCUT2D eigenvalue weighted by molar-refractivity contribution is 6.15. The van der Waals surface area contributed by atoms with Gasteiger partial charge in [-0.3, -0.25) is 9.59 Å². The third-order valence-electron chi connectivity index (χ3n) is 7.07. The number of hydrogen-bond donors (Lipinski definition) is 2. The lowest BCUT2D eigenvalue weighted by Gasteiger charge is -2.44. The van der Waals surface area contributed by atoms with Crippen molar-refractivity contribution in [1.82, 2.24) is 4.90 Å². The minimum atomic E-state index is -1.80. The van der Waals surface area contributed by atoms with Crippen molar-refractivity contribution in [2.45, 2.75) is 31.3 Å². The first-order chi connectivity index (χ1) is 16.4. The molecule has 1 aromatic heterocycles. The smallest absolute Gasteiger partial charge is 0.423 e. The Morgan fingerprint density at radius 2 is 1.91 bits per heavy atom. The fourth-order valence-corrected chi connectivity index (χ4v) is 5.49. The van der Waals surface area contributed by atoms with Gasteiger partial charge in [0.05, 0.1) is 25.6 Å². The number of rotatable bonds is 5. The summed E-state index contributed by atoms with van der Waals surface area (Å²) in [6, 6.07) is 12.3. The quantitative estimate of drug-likeness (QED) is 0.628. The van der Waals surface area contributed by atoms with Gasteiger partial charge in [-0.05, 0) is 37.1 Å². The van der Waals surface area contributed by atoms with Crippen molar-refractivity contribution < 1.29 is 43.2 Å². The number of amides is 3. The Morgan fingerprint density at radius 3 is 2.59 bits per heavy atom. The molecule has 2 aliphatic heterocycles. The van der Waals surface area contributed by atoms with E-state index in [0.29, 0.717) is 22.2 Å². The van der Waals surface area contributed by atoms with Gasteiger partial charge in [-0.1, -0.05) is 18.2 Å². The first-order valence-corrected chi connectivity index (χ1v) is 11.1. The van der Waals surface area contributed by atoms with Gasteiger partial charge >= 0.3 is 6.09 Å². The van der Waals surface area contributed by atoms with Crippen LogP contribution in [0.5, 0.6) is 5.75 Å². The Kier molecular flexibility index (Phi) is 5.67. The zero-order valence-corrected chi connectivity index (χ0v) is 18.5. The van der Waals surface area contributed by atoms with Crippen molar-refractivity contribution >= 4 is 17.9 Å². The van der Waals surface area contributed by atoms with E-state index < -0.39 is 53.5 Å². The molecular formula is C24H25NO9. The van der Waals surface area contributed by atoms with Gasteiger partial charge in [0.2, 0.25) is 11.8 Å². The van der Waals surface area contributed by atoms with Gasteiger partial charge in [0.1, 0.15) is 30.0 Å². The Balaban J connectivity index is 1.48. The molecule has 3 fully saturated rings. The minimum absolute atomic E-state index is 0.0344. The second-order valence-corrected chi connectivity index (χ2v) is 8.83. The second kappa shape index (κ2) is 8.53. The van der Waals surface area contributed by atoms with Crippen molar-refractivity contribution in [3.8, 4) is 5.75 Å². The molecule has 5 rings (SSSR count). The van der Waals surface area contributed by atoms with Crippen molar-refractivity contribution in [3.63, 3.8) is 0 Å². The lowest BCUT2D eigenvalue weighted by atomic mass is 9.64. The second-order valence-electron chi connectivity index (χ2n) is 8.83. The van der Waals surface area contributed by atoms with Crippen molar-refractivity contribution in [1.29, 1.82) is 0 Å². The molecule has 2 saturated heterocycles. The average Bonchev–Trinajstić information content (AvgIpc) is 3.52. The zero-order chi connectivity index (χ0) is 24.0. The van der Waals surface area contributed by atoms with Crippen LogP contribution in [0, 0.1) is 23.7 Å². The third kappa shape index (κ3) is 3.49. The number of para-hydroxylation sites is 1. The molecular weight excluding hydrogens is 446 g/mol. The molecule has 0 bridgehead atoms. The normalized spacial score (nSPS) is 32.4. The molecule has 180 valence electrons. The molecule has 2 N–H and O–H groups in total. The van der Waals surface area contributed by atoms with Crippen LogP contribution in [-0.2, 0) is 25.7 Å². The SMILES string of the molecule is COC(=O)N1C(=O)[C@H]2[C@H](C[C@H](COc3ccccc3)[C@@]3(O)O[C@H](c4ccc(CO)o4)C[C@@H]23)C1=O. The van der Waals surface area contributed by atoms with Crippen molar-refractivity contribution in [2.75, 3.05) is 13.7 Å². The topological polar surface area (TPSA) is 136 Å². The summed E-state index contributed by atoms with van der Waals surface area (Å²) >= 11 is 0. The summed E-state index contributed by atoms with van der Waals surface area (Å²) in [7, 11) is 1.10. The predicted molar refractivity (Wildman–Crippen MR) is 113 cm³/mol. The lowest BCUT2D eigenvalue weighted by molar-refractivity contribution is -0.274. The van der Waals surface area contributed by atoms with Gasteiger partial charge in [0.15, 0.2) is 5.79 Å². The van der Waals surface area contributed by atoms with Gasteiger partial charge < -0.3 is 28.8 Å². The number of aliphatic hydroxyl groups excluding tert-OH is 1. The van der Waals surface area contributed by atoms with E-state index in [4.69, 9.17) is 13.9 Å². The molecule has 34 heavy (non-hydrogen) atoms. The van der Waals surface area contributed by atoms with E-state index >= 15 is 0 Å². The Bertz CT molecular complexity index is 1100. The molecule has 0 unspecified atom stereocenters. The molecule has 6 atom stereocenters. The van der Waals surface area contributed by atoms with Crippen LogP contribution in [0.4, 0.5) is 4.79 Å². The molecule has 1 aromatic carbocycles. The van der Waals surface area contributed by atoms with Crippen LogP contribution in [0.15, 0.2) is 46.9 Å². The lowest BCUT2D eigenvalue weighted by Crippen LogP contribution is -2.55. The third-order valence-corrected chi connectivity index (χ3v) is 7.07. The molecule has 3 heterocycles. The Morgan fingerprint density at radius 1 is 1.15 bits per heavy atom. The maximum absolute atomic E-state index is 13.2. The minimum Gasteiger partial charge on any atom is -0.493 e. The van der Waals surface area contributed by atoms with Gasteiger partial charge in [-0.15, -0.1) is 0 Å². The summed E-state index contributed by atoms with van der Waals surface area (Å²) in [5, 5.41) is 21.1. The maximum Gasteiger partial charge on any atom is 0.423 e. The summed E-state index contributed by atoms with van der Waals surface area (Å²) in [5.41, 5.74) is 0. The van der Waals surface area contributed by atoms with E-state index in [1.54, 1.807) is 24.3 Å². The highest BCUT2D eigenvalue weighted by Crippen LogP contribution is 2.58. The van der Waals surface area contributed by atoms with E-state index in [1.165, 1.54) is 0 Å². The number of benzene rings is 1. The number of carbonyl (C=O) groups excluding carboxylic acids is 3. The Labute approximate surface area is 195 Å². The highest BCUT2D eigenvalue weighted by atomic mass is 16.6. The maximum atomic E-state index is 13.2.